The summed E-state index contributed by atoms with van der Waals surface area (Å²) in [7, 11) is 3.20. The number of carbonyl (C=O) groups excluding carboxylic acids is 1. The number of amides is 1. The van der Waals surface area contributed by atoms with Gasteiger partial charge in [-0.25, -0.2) is 4.98 Å². The Hall–Kier alpha value is -2.67. The van der Waals surface area contributed by atoms with Crippen molar-refractivity contribution in [3.63, 3.8) is 0 Å². The number of ether oxygens (including phenoxy) is 2. The zero-order valence-corrected chi connectivity index (χ0v) is 15.6. The minimum atomic E-state index is -0.225. The molecule has 0 unspecified atom stereocenters. The van der Waals surface area contributed by atoms with Gasteiger partial charge in [0.05, 0.1) is 26.0 Å². The molecule has 2 aromatic carbocycles. The van der Waals surface area contributed by atoms with Crippen LogP contribution in [0.15, 0.2) is 52.1 Å². The average molecular weight is 372 g/mol. The Balaban J connectivity index is 1.62. The molecule has 0 fully saturated rings. The molecule has 0 spiro atoms. The number of nitrogens with one attached hydrogen (secondary N) is 1. The maximum absolute atomic E-state index is 12.3. The van der Waals surface area contributed by atoms with E-state index in [4.69, 9.17) is 13.9 Å². The predicted octanol–water partition coefficient (Wildman–Crippen LogP) is 3.81. The number of fused-ring (bicyclic) bond motifs is 1. The van der Waals surface area contributed by atoms with Crippen molar-refractivity contribution in [1.29, 1.82) is 0 Å². The molecule has 0 aliphatic carbocycles. The first-order valence-corrected chi connectivity index (χ1v) is 9.09. The van der Waals surface area contributed by atoms with Gasteiger partial charge < -0.3 is 19.2 Å². The second-order valence-corrected chi connectivity index (χ2v) is 6.56. The number of methoxy groups -OCH3 is 2. The second-order valence-electron chi connectivity index (χ2n) is 5.63. The number of thioether (sulfide) groups is 1. The number of hydrogen-bond acceptors (Lipinski definition) is 6. The molecule has 1 N–H and O–H groups in total. The van der Waals surface area contributed by atoms with Gasteiger partial charge in [0.15, 0.2) is 5.58 Å². The van der Waals surface area contributed by atoms with E-state index in [1.807, 2.05) is 49.4 Å². The third-order valence-corrected chi connectivity index (χ3v) is 4.71. The largest absolute Gasteiger partial charge is 0.497 e. The molecule has 0 saturated carbocycles. The lowest BCUT2D eigenvalue weighted by atomic mass is 10.1. The summed E-state index contributed by atoms with van der Waals surface area (Å²) in [6.45, 7) is 1.90. The Kier molecular flexibility index (Phi) is 5.68. The van der Waals surface area contributed by atoms with Crippen molar-refractivity contribution >= 4 is 28.8 Å². The summed E-state index contributed by atoms with van der Waals surface area (Å²) < 4.78 is 16.2. The molecule has 1 atom stereocenters. The molecule has 0 bridgehead atoms. The van der Waals surface area contributed by atoms with Gasteiger partial charge in [-0.15, -0.1) is 0 Å². The molecular weight excluding hydrogens is 352 g/mol. The number of hydrogen-bond donors (Lipinski definition) is 1. The molecule has 0 aliphatic rings. The highest BCUT2D eigenvalue weighted by molar-refractivity contribution is 7.99. The standard InChI is InChI=1S/C19H20N2O4S/c1-12(14-10-13(23-2)8-9-16(14)24-3)20-18(22)11-26-19-21-15-6-4-5-7-17(15)25-19/h4-10,12H,11H2,1-3H3,(H,20,22)/t12-/m0/s1. The van der Waals surface area contributed by atoms with Gasteiger partial charge in [-0.1, -0.05) is 23.9 Å². The zero-order valence-electron chi connectivity index (χ0n) is 14.8. The topological polar surface area (TPSA) is 73.6 Å². The lowest BCUT2D eigenvalue weighted by Crippen LogP contribution is -2.28. The third kappa shape index (κ3) is 4.11. The molecule has 0 radical (unpaired) electrons. The number of oxazole rings is 1. The lowest BCUT2D eigenvalue weighted by Gasteiger charge is -2.18. The Morgan fingerprint density at radius 2 is 2.04 bits per heavy atom. The van der Waals surface area contributed by atoms with Crippen LogP contribution in [-0.4, -0.2) is 30.9 Å². The van der Waals surface area contributed by atoms with Crippen LogP contribution in [0.1, 0.15) is 18.5 Å². The normalized spacial score (nSPS) is 12.0. The van der Waals surface area contributed by atoms with E-state index in [1.54, 1.807) is 14.2 Å². The van der Waals surface area contributed by atoms with Gasteiger partial charge in [-0.3, -0.25) is 4.79 Å². The summed E-state index contributed by atoms with van der Waals surface area (Å²) in [5.41, 5.74) is 2.35. The van der Waals surface area contributed by atoms with Crippen molar-refractivity contribution in [3.05, 3.63) is 48.0 Å². The highest BCUT2D eigenvalue weighted by Crippen LogP contribution is 2.29. The van der Waals surface area contributed by atoms with Crippen LogP contribution in [0.25, 0.3) is 11.1 Å². The SMILES string of the molecule is COc1ccc(OC)c([C@H](C)NC(=O)CSc2nc3ccccc3o2)c1. The molecule has 0 aliphatic heterocycles. The van der Waals surface area contributed by atoms with Crippen LogP contribution < -0.4 is 14.8 Å². The molecule has 6 nitrogen and oxygen atoms in total. The molecule has 1 aromatic heterocycles. The fraction of sp³-hybridized carbons (Fsp3) is 0.263. The molecule has 136 valence electrons. The number of aromatic nitrogens is 1. The van der Waals surface area contributed by atoms with E-state index in [-0.39, 0.29) is 17.7 Å². The number of para-hydroxylation sites is 2. The first-order chi connectivity index (χ1) is 12.6. The quantitative estimate of drug-likeness (QED) is 0.636. The predicted molar refractivity (Wildman–Crippen MR) is 101 cm³/mol. The van der Waals surface area contributed by atoms with Crippen LogP contribution >= 0.6 is 11.8 Å². The van der Waals surface area contributed by atoms with Crippen LogP contribution in [0.5, 0.6) is 11.5 Å². The lowest BCUT2D eigenvalue weighted by molar-refractivity contribution is -0.119. The summed E-state index contributed by atoms with van der Waals surface area (Å²) in [4.78, 5) is 16.6. The highest BCUT2D eigenvalue weighted by atomic mass is 32.2. The fourth-order valence-electron chi connectivity index (χ4n) is 2.58. The summed E-state index contributed by atoms with van der Waals surface area (Å²) in [6.07, 6.45) is 0. The van der Waals surface area contributed by atoms with Crippen LogP contribution in [0.2, 0.25) is 0 Å². The summed E-state index contributed by atoms with van der Waals surface area (Å²) in [5, 5.41) is 3.44. The van der Waals surface area contributed by atoms with Crippen molar-refractivity contribution in [2.24, 2.45) is 0 Å². The van der Waals surface area contributed by atoms with E-state index in [0.717, 1.165) is 11.1 Å². The number of nitrogens with zero attached hydrogens (tertiary/aromatic N) is 1. The Labute approximate surface area is 155 Å². The van der Waals surface area contributed by atoms with Gasteiger partial charge in [-0.05, 0) is 37.3 Å². The monoisotopic (exact) mass is 372 g/mol. The van der Waals surface area contributed by atoms with E-state index in [1.165, 1.54) is 11.8 Å². The van der Waals surface area contributed by atoms with Crippen molar-refractivity contribution in [3.8, 4) is 11.5 Å². The second kappa shape index (κ2) is 8.14. The number of rotatable bonds is 7. The van der Waals surface area contributed by atoms with Gasteiger partial charge in [-0.2, -0.15) is 0 Å². The number of carbonyl (C=O) groups is 1. The summed E-state index contributed by atoms with van der Waals surface area (Å²) in [5.74, 6) is 1.51. The van der Waals surface area contributed by atoms with Gasteiger partial charge in [0.25, 0.3) is 5.22 Å². The summed E-state index contributed by atoms with van der Waals surface area (Å²) >= 11 is 1.26. The molecule has 26 heavy (non-hydrogen) atoms. The number of benzene rings is 2. The van der Waals surface area contributed by atoms with Gasteiger partial charge in [0.2, 0.25) is 5.91 Å². The fourth-order valence-corrected chi connectivity index (χ4v) is 3.23. The molecule has 3 aromatic rings. The molecule has 1 amide bonds. The van der Waals surface area contributed by atoms with E-state index < -0.39 is 0 Å². The maximum atomic E-state index is 12.3. The van der Waals surface area contributed by atoms with Crippen molar-refractivity contribution in [1.82, 2.24) is 10.3 Å². The zero-order chi connectivity index (χ0) is 18.5. The van der Waals surface area contributed by atoms with E-state index in [9.17, 15) is 4.79 Å². The van der Waals surface area contributed by atoms with E-state index >= 15 is 0 Å². The molecule has 7 heteroatoms. The van der Waals surface area contributed by atoms with Crippen molar-refractivity contribution in [2.45, 2.75) is 18.2 Å². The molecular formula is C19H20N2O4S. The van der Waals surface area contributed by atoms with E-state index in [2.05, 4.69) is 10.3 Å². The molecule has 3 rings (SSSR count). The minimum Gasteiger partial charge on any atom is -0.497 e. The van der Waals surface area contributed by atoms with Crippen LogP contribution in [-0.2, 0) is 4.79 Å². The molecule has 1 heterocycles. The maximum Gasteiger partial charge on any atom is 0.257 e. The van der Waals surface area contributed by atoms with Gasteiger partial charge in [0, 0.05) is 5.56 Å². The Morgan fingerprint density at radius 1 is 1.23 bits per heavy atom. The third-order valence-electron chi connectivity index (χ3n) is 3.88. The Morgan fingerprint density at radius 3 is 2.77 bits per heavy atom. The summed E-state index contributed by atoms with van der Waals surface area (Å²) in [6, 6.07) is 12.8. The smallest absolute Gasteiger partial charge is 0.257 e. The molecule has 0 saturated heterocycles. The van der Waals surface area contributed by atoms with Crippen molar-refractivity contribution < 1.29 is 18.7 Å². The Bertz CT molecular complexity index is 876. The average Bonchev–Trinajstić information content (AvgIpc) is 3.08. The van der Waals surface area contributed by atoms with Crippen molar-refractivity contribution in [2.75, 3.05) is 20.0 Å². The minimum absolute atomic E-state index is 0.116. The van der Waals surface area contributed by atoms with Gasteiger partial charge in [0.1, 0.15) is 17.0 Å². The first kappa shape index (κ1) is 18.1. The van der Waals surface area contributed by atoms with Crippen LogP contribution in [0, 0.1) is 0 Å². The van der Waals surface area contributed by atoms with E-state index in [0.29, 0.717) is 22.3 Å². The highest BCUT2D eigenvalue weighted by Gasteiger charge is 2.16. The van der Waals surface area contributed by atoms with Crippen LogP contribution in [0.4, 0.5) is 0 Å². The van der Waals surface area contributed by atoms with Crippen LogP contribution in [0.3, 0.4) is 0 Å². The van der Waals surface area contributed by atoms with Gasteiger partial charge >= 0.3 is 0 Å². The first-order valence-electron chi connectivity index (χ1n) is 8.10.